The van der Waals surface area contributed by atoms with E-state index in [1.807, 2.05) is 23.9 Å². The molecule has 0 amide bonds. The highest BCUT2D eigenvalue weighted by molar-refractivity contribution is 9.11. The van der Waals surface area contributed by atoms with Crippen molar-refractivity contribution in [3.63, 3.8) is 0 Å². The van der Waals surface area contributed by atoms with Crippen LogP contribution in [0.2, 0.25) is 0 Å². The van der Waals surface area contributed by atoms with Gasteiger partial charge in [-0.2, -0.15) is 16.7 Å². The summed E-state index contributed by atoms with van der Waals surface area (Å²) in [6.07, 6.45) is 3.62. The number of rotatable bonds is 2. The predicted molar refractivity (Wildman–Crippen MR) is 88.6 cm³/mol. The van der Waals surface area contributed by atoms with Crippen molar-refractivity contribution in [2.24, 2.45) is 0 Å². The van der Waals surface area contributed by atoms with E-state index in [1.54, 1.807) is 0 Å². The molecule has 7 heteroatoms. The highest BCUT2D eigenvalue weighted by Crippen LogP contribution is 2.39. The third kappa shape index (κ3) is 2.89. The number of hydrogen-bond donors (Lipinski definition) is 1. The first-order valence-corrected chi connectivity index (χ1v) is 8.98. The van der Waals surface area contributed by atoms with E-state index in [4.69, 9.17) is 10.3 Å². The van der Waals surface area contributed by atoms with Gasteiger partial charge in [0, 0.05) is 8.95 Å². The zero-order chi connectivity index (χ0) is 14.1. The van der Waals surface area contributed by atoms with Crippen molar-refractivity contribution in [2.45, 2.75) is 24.5 Å². The second-order valence-electron chi connectivity index (χ2n) is 4.66. The molecule has 2 heterocycles. The van der Waals surface area contributed by atoms with Gasteiger partial charge < -0.3 is 10.3 Å². The normalized spacial score (nSPS) is 19.2. The minimum atomic E-state index is 0.345. The number of benzene rings is 1. The molecule has 1 saturated heterocycles. The Morgan fingerprint density at radius 2 is 2.15 bits per heavy atom. The molecule has 1 unspecified atom stereocenters. The Bertz CT molecular complexity index is 626. The first kappa shape index (κ1) is 14.4. The Morgan fingerprint density at radius 1 is 1.30 bits per heavy atom. The molecule has 1 fully saturated rings. The fourth-order valence-electron chi connectivity index (χ4n) is 2.18. The lowest BCUT2D eigenvalue weighted by atomic mass is 10.1. The third-order valence-corrected chi connectivity index (χ3v) is 5.72. The van der Waals surface area contributed by atoms with Crippen molar-refractivity contribution in [3.8, 4) is 11.5 Å². The molecule has 20 heavy (non-hydrogen) atoms. The van der Waals surface area contributed by atoms with Gasteiger partial charge in [-0.15, -0.1) is 0 Å². The monoisotopic (exact) mass is 417 g/mol. The highest BCUT2D eigenvalue weighted by atomic mass is 79.9. The molecule has 1 aliphatic rings. The molecule has 1 aliphatic heterocycles. The largest absolute Gasteiger partial charge is 0.397 e. The van der Waals surface area contributed by atoms with Gasteiger partial charge in [0.05, 0.1) is 16.5 Å². The van der Waals surface area contributed by atoms with Crippen LogP contribution in [0.5, 0.6) is 0 Å². The molecule has 3 rings (SSSR count). The molecule has 106 valence electrons. The lowest BCUT2D eigenvalue weighted by molar-refractivity contribution is 0.420. The fraction of sp³-hybridized carbons (Fsp3) is 0.385. The van der Waals surface area contributed by atoms with Crippen LogP contribution in [0.25, 0.3) is 11.5 Å². The van der Waals surface area contributed by atoms with Crippen LogP contribution in [-0.4, -0.2) is 15.9 Å². The zero-order valence-corrected chi connectivity index (χ0v) is 14.6. The van der Waals surface area contributed by atoms with Gasteiger partial charge in [0.15, 0.2) is 5.82 Å². The van der Waals surface area contributed by atoms with Crippen LogP contribution in [0.4, 0.5) is 5.69 Å². The van der Waals surface area contributed by atoms with Crippen LogP contribution in [0.3, 0.4) is 0 Å². The molecule has 4 nitrogen and oxygen atoms in total. The van der Waals surface area contributed by atoms with E-state index in [1.165, 1.54) is 18.6 Å². The Balaban J connectivity index is 1.93. The number of nitrogens with zero attached hydrogens (tertiary/aromatic N) is 2. The number of nitrogen functional groups attached to an aromatic ring is 1. The molecule has 1 atom stereocenters. The predicted octanol–water partition coefficient (Wildman–Crippen LogP) is 4.80. The second kappa shape index (κ2) is 6.07. The summed E-state index contributed by atoms with van der Waals surface area (Å²) in [6, 6.07) is 3.79. The maximum atomic E-state index is 6.07. The molecule has 0 aliphatic carbocycles. The minimum absolute atomic E-state index is 0.345. The van der Waals surface area contributed by atoms with Crippen molar-refractivity contribution in [1.29, 1.82) is 0 Å². The first-order chi connectivity index (χ1) is 9.65. The van der Waals surface area contributed by atoms with Gasteiger partial charge >= 0.3 is 0 Å². The van der Waals surface area contributed by atoms with Crippen molar-refractivity contribution in [3.05, 3.63) is 26.9 Å². The molecule has 2 aromatic rings. The van der Waals surface area contributed by atoms with Gasteiger partial charge in [-0.1, -0.05) is 27.5 Å². The van der Waals surface area contributed by atoms with Crippen molar-refractivity contribution in [2.75, 3.05) is 11.5 Å². The topological polar surface area (TPSA) is 64.9 Å². The van der Waals surface area contributed by atoms with Crippen molar-refractivity contribution >= 4 is 49.3 Å². The van der Waals surface area contributed by atoms with E-state index in [2.05, 4.69) is 42.0 Å². The third-order valence-electron chi connectivity index (χ3n) is 3.23. The molecule has 0 saturated carbocycles. The summed E-state index contributed by atoms with van der Waals surface area (Å²) >= 11 is 8.78. The maximum Gasteiger partial charge on any atom is 0.260 e. The molecular weight excluding hydrogens is 406 g/mol. The van der Waals surface area contributed by atoms with E-state index >= 15 is 0 Å². The molecule has 1 aromatic carbocycles. The van der Waals surface area contributed by atoms with Crippen LogP contribution >= 0.6 is 43.6 Å². The van der Waals surface area contributed by atoms with Crippen LogP contribution in [0, 0.1) is 0 Å². The molecule has 0 spiro atoms. The maximum absolute atomic E-state index is 6.07. The van der Waals surface area contributed by atoms with E-state index in [0.717, 1.165) is 26.8 Å². The molecular formula is C13H13Br2N3OS. The summed E-state index contributed by atoms with van der Waals surface area (Å²) in [4.78, 5) is 4.53. The van der Waals surface area contributed by atoms with Gasteiger partial charge in [-0.3, -0.25) is 0 Å². The average Bonchev–Trinajstić information content (AvgIpc) is 2.93. The smallest absolute Gasteiger partial charge is 0.260 e. The standard InChI is InChI=1S/C13H13Br2N3OS/c14-7-5-8(11(16)9(15)6-7)13-17-12(18-19-13)10-3-1-2-4-20-10/h5-6,10H,1-4,16H2. The Morgan fingerprint density at radius 3 is 2.90 bits per heavy atom. The van der Waals surface area contributed by atoms with Gasteiger partial charge in [0.1, 0.15) is 0 Å². The van der Waals surface area contributed by atoms with Crippen molar-refractivity contribution < 1.29 is 4.52 Å². The summed E-state index contributed by atoms with van der Waals surface area (Å²) in [5.41, 5.74) is 7.44. The molecule has 0 bridgehead atoms. The van der Waals surface area contributed by atoms with Gasteiger partial charge in [-0.25, -0.2) is 0 Å². The number of anilines is 1. The van der Waals surface area contributed by atoms with Gasteiger partial charge in [0.2, 0.25) is 0 Å². The highest BCUT2D eigenvalue weighted by Gasteiger charge is 2.23. The number of hydrogen-bond acceptors (Lipinski definition) is 5. The lowest BCUT2D eigenvalue weighted by Crippen LogP contribution is -2.03. The van der Waals surface area contributed by atoms with E-state index in [9.17, 15) is 0 Å². The second-order valence-corrected chi connectivity index (χ2v) is 7.74. The van der Waals surface area contributed by atoms with Crippen LogP contribution in [0.1, 0.15) is 30.3 Å². The number of halogens is 2. The van der Waals surface area contributed by atoms with Crippen LogP contribution < -0.4 is 5.73 Å². The van der Waals surface area contributed by atoms with Gasteiger partial charge in [-0.05, 0) is 46.7 Å². The van der Waals surface area contributed by atoms with Crippen molar-refractivity contribution in [1.82, 2.24) is 10.1 Å². The number of aromatic nitrogens is 2. The first-order valence-electron chi connectivity index (χ1n) is 6.35. The van der Waals surface area contributed by atoms with Gasteiger partial charge in [0.25, 0.3) is 5.89 Å². The molecule has 1 aromatic heterocycles. The van der Waals surface area contributed by atoms with E-state index in [-0.39, 0.29) is 0 Å². The quantitative estimate of drug-likeness (QED) is 0.709. The summed E-state index contributed by atoms with van der Waals surface area (Å²) in [5, 5.41) is 4.47. The average molecular weight is 419 g/mol. The summed E-state index contributed by atoms with van der Waals surface area (Å²) < 4.78 is 7.13. The minimum Gasteiger partial charge on any atom is -0.397 e. The molecule has 2 N–H and O–H groups in total. The fourth-order valence-corrected chi connectivity index (χ4v) is 4.64. The summed E-state index contributed by atoms with van der Waals surface area (Å²) in [6.45, 7) is 0. The summed E-state index contributed by atoms with van der Waals surface area (Å²) in [5.74, 6) is 2.42. The number of nitrogens with two attached hydrogens (primary N) is 1. The zero-order valence-electron chi connectivity index (χ0n) is 10.6. The Hall–Kier alpha value is -0.530. The summed E-state index contributed by atoms with van der Waals surface area (Å²) in [7, 11) is 0. The Labute approximate surface area is 138 Å². The Kier molecular flexibility index (Phi) is 4.37. The number of thioether (sulfide) groups is 1. The lowest BCUT2D eigenvalue weighted by Gasteiger charge is -2.17. The molecule has 0 radical (unpaired) electrons. The van der Waals surface area contributed by atoms with Crippen LogP contribution in [0.15, 0.2) is 25.6 Å². The van der Waals surface area contributed by atoms with E-state index < -0.39 is 0 Å². The van der Waals surface area contributed by atoms with E-state index in [0.29, 0.717) is 16.8 Å². The van der Waals surface area contributed by atoms with Crippen LogP contribution in [-0.2, 0) is 0 Å². The SMILES string of the molecule is Nc1c(Br)cc(Br)cc1-c1nc(C2CCCCS2)no1.